The lowest BCUT2D eigenvalue weighted by Gasteiger charge is -2.06. The maximum Gasteiger partial charge on any atom is 0.223 e. The highest BCUT2D eigenvalue weighted by Gasteiger charge is 2.06. The smallest absolute Gasteiger partial charge is 0.223 e. The van der Waals surface area contributed by atoms with E-state index in [-0.39, 0.29) is 0 Å². The molecule has 90 valence electrons. The molecule has 0 saturated carbocycles. The standard InChI is InChI=1S/C12H13Cl2N3/c1-2-3-6-15-12-16-7-8-9(13)4-5-10(14)11(8)17-12/h4-5,7H,2-3,6H2,1H3,(H,15,16,17). The van der Waals surface area contributed by atoms with Crippen LogP contribution in [0.3, 0.4) is 0 Å². The Labute approximate surface area is 110 Å². The van der Waals surface area contributed by atoms with Crippen LogP contribution in [0.4, 0.5) is 5.95 Å². The number of aromatic nitrogens is 2. The second-order valence-corrected chi connectivity index (χ2v) is 4.58. The van der Waals surface area contributed by atoms with Gasteiger partial charge in [-0.2, -0.15) is 0 Å². The van der Waals surface area contributed by atoms with E-state index >= 15 is 0 Å². The number of nitrogens with one attached hydrogen (secondary N) is 1. The number of rotatable bonds is 4. The summed E-state index contributed by atoms with van der Waals surface area (Å²) >= 11 is 12.1. The van der Waals surface area contributed by atoms with Crippen molar-refractivity contribution in [1.29, 1.82) is 0 Å². The lowest BCUT2D eigenvalue weighted by atomic mass is 10.2. The minimum Gasteiger partial charge on any atom is -0.354 e. The van der Waals surface area contributed by atoms with E-state index in [0.29, 0.717) is 21.5 Å². The number of hydrogen-bond acceptors (Lipinski definition) is 3. The second-order valence-electron chi connectivity index (χ2n) is 3.77. The molecule has 0 spiro atoms. The van der Waals surface area contributed by atoms with Crippen molar-refractivity contribution in [1.82, 2.24) is 9.97 Å². The predicted octanol–water partition coefficient (Wildman–Crippen LogP) is 4.15. The quantitative estimate of drug-likeness (QED) is 0.848. The number of halogens is 2. The van der Waals surface area contributed by atoms with Crippen LogP contribution in [0.25, 0.3) is 10.9 Å². The Kier molecular flexibility index (Phi) is 4.02. The van der Waals surface area contributed by atoms with E-state index in [1.54, 1.807) is 18.3 Å². The highest BCUT2D eigenvalue weighted by atomic mass is 35.5. The van der Waals surface area contributed by atoms with Crippen molar-refractivity contribution in [2.75, 3.05) is 11.9 Å². The van der Waals surface area contributed by atoms with Gasteiger partial charge in [-0.3, -0.25) is 0 Å². The predicted molar refractivity (Wildman–Crippen MR) is 73.0 cm³/mol. The molecule has 17 heavy (non-hydrogen) atoms. The van der Waals surface area contributed by atoms with E-state index in [1.807, 2.05) is 0 Å². The minimum absolute atomic E-state index is 0.588. The third kappa shape index (κ3) is 2.79. The largest absolute Gasteiger partial charge is 0.354 e. The van der Waals surface area contributed by atoms with Gasteiger partial charge >= 0.3 is 0 Å². The van der Waals surface area contributed by atoms with Crippen molar-refractivity contribution in [2.24, 2.45) is 0 Å². The molecule has 0 atom stereocenters. The molecule has 0 amide bonds. The maximum atomic E-state index is 6.09. The highest BCUT2D eigenvalue weighted by molar-refractivity contribution is 6.39. The third-order valence-corrected chi connectivity index (χ3v) is 3.10. The molecule has 0 aliphatic rings. The van der Waals surface area contributed by atoms with Gasteiger partial charge in [-0.15, -0.1) is 0 Å². The number of unbranched alkanes of at least 4 members (excludes halogenated alkanes) is 1. The summed E-state index contributed by atoms with van der Waals surface area (Å²) in [4.78, 5) is 8.58. The Morgan fingerprint density at radius 3 is 2.76 bits per heavy atom. The van der Waals surface area contributed by atoms with Gasteiger partial charge in [-0.25, -0.2) is 9.97 Å². The molecule has 0 bridgehead atoms. The van der Waals surface area contributed by atoms with Crippen molar-refractivity contribution >= 4 is 40.1 Å². The molecule has 0 unspecified atom stereocenters. The Morgan fingerprint density at radius 2 is 2.00 bits per heavy atom. The van der Waals surface area contributed by atoms with E-state index in [9.17, 15) is 0 Å². The van der Waals surface area contributed by atoms with Crippen LogP contribution >= 0.6 is 23.2 Å². The van der Waals surface area contributed by atoms with Gasteiger partial charge in [0.2, 0.25) is 5.95 Å². The molecule has 2 rings (SSSR count). The number of hydrogen-bond donors (Lipinski definition) is 1. The molecule has 2 aromatic rings. The fraction of sp³-hybridized carbons (Fsp3) is 0.333. The molecule has 0 aliphatic carbocycles. The zero-order valence-electron chi connectivity index (χ0n) is 9.50. The van der Waals surface area contributed by atoms with E-state index < -0.39 is 0 Å². The van der Waals surface area contributed by atoms with Gasteiger partial charge in [0.05, 0.1) is 15.6 Å². The highest BCUT2D eigenvalue weighted by Crippen LogP contribution is 2.28. The van der Waals surface area contributed by atoms with Crippen molar-refractivity contribution in [2.45, 2.75) is 19.8 Å². The SMILES string of the molecule is CCCCNc1ncc2c(Cl)ccc(Cl)c2n1. The Hall–Kier alpha value is -1.06. The molecule has 1 heterocycles. The Morgan fingerprint density at radius 1 is 1.24 bits per heavy atom. The van der Waals surface area contributed by atoms with Gasteiger partial charge in [0.15, 0.2) is 0 Å². The van der Waals surface area contributed by atoms with Crippen molar-refractivity contribution < 1.29 is 0 Å². The van der Waals surface area contributed by atoms with Crippen molar-refractivity contribution in [3.63, 3.8) is 0 Å². The van der Waals surface area contributed by atoms with Gasteiger partial charge in [0.1, 0.15) is 0 Å². The molecule has 0 aliphatic heterocycles. The van der Waals surface area contributed by atoms with E-state index in [1.165, 1.54) is 0 Å². The summed E-state index contributed by atoms with van der Waals surface area (Å²) in [5, 5.41) is 5.14. The zero-order valence-corrected chi connectivity index (χ0v) is 11.0. The van der Waals surface area contributed by atoms with Crippen LogP contribution in [0.15, 0.2) is 18.3 Å². The number of benzene rings is 1. The molecule has 1 aromatic carbocycles. The first kappa shape index (κ1) is 12.4. The minimum atomic E-state index is 0.588. The first-order valence-electron chi connectivity index (χ1n) is 5.57. The van der Waals surface area contributed by atoms with E-state index in [2.05, 4.69) is 22.2 Å². The van der Waals surface area contributed by atoms with Crippen LogP contribution in [-0.4, -0.2) is 16.5 Å². The molecule has 5 heteroatoms. The van der Waals surface area contributed by atoms with Crippen LogP contribution in [0.1, 0.15) is 19.8 Å². The van der Waals surface area contributed by atoms with Crippen LogP contribution < -0.4 is 5.32 Å². The molecule has 1 N–H and O–H groups in total. The van der Waals surface area contributed by atoms with E-state index in [4.69, 9.17) is 23.2 Å². The topological polar surface area (TPSA) is 37.8 Å². The summed E-state index contributed by atoms with van der Waals surface area (Å²) in [6, 6.07) is 3.49. The molecular formula is C12H13Cl2N3. The average molecular weight is 270 g/mol. The van der Waals surface area contributed by atoms with Crippen LogP contribution in [-0.2, 0) is 0 Å². The summed E-state index contributed by atoms with van der Waals surface area (Å²) in [6.45, 7) is 3.00. The van der Waals surface area contributed by atoms with Crippen molar-refractivity contribution in [3.8, 4) is 0 Å². The molecule has 0 saturated heterocycles. The monoisotopic (exact) mass is 269 g/mol. The fourth-order valence-corrected chi connectivity index (χ4v) is 1.92. The molecule has 0 radical (unpaired) electrons. The lowest BCUT2D eigenvalue weighted by molar-refractivity contribution is 0.827. The Balaban J connectivity index is 2.33. The van der Waals surface area contributed by atoms with Crippen molar-refractivity contribution in [3.05, 3.63) is 28.4 Å². The zero-order chi connectivity index (χ0) is 12.3. The number of anilines is 1. The molecule has 1 aromatic heterocycles. The van der Waals surface area contributed by atoms with Gasteiger partial charge in [-0.1, -0.05) is 36.5 Å². The van der Waals surface area contributed by atoms with Gasteiger partial charge in [-0.05, 0) is 18.6 Å². The summed E-state index contributed by atoms with van der Waals surface area (Å²) in [6.07, 6.45) is 3.92. The normalized spacial score (nSPS) is 10.8. The van der Waals surface area contributed by atoms with Gasteiger partial charge in [0.25, 0.3) is 0 Å². The average Bonchev–Trinajstić information content (AvgIpc) is 2.34. The number of fused-ring (bicyclic) bond motifs is 1. The fourth-order valence-electron chi connectivity index (χ4n) is 1.52. The summed E-state index contributed by atoms with van der Waals surface area (Å²) in [7, 11) is 0. The van der Waals surface area contributed by atoms with Gasteiger partial charge < -0.3 is 5.32 Å². The lowest BCUT2D eigenvalue weighted by Crippen LogP contribution is -2.04. The van der Waals surface area contributed by atoms with Gasteiger partial charge in [0, 0.05) is 18.1 Å². The Bertz CT molecular complexity index is 528. The van der Waals surface area contributed by atoms with Crippen LogP contribution in [0.2, 0.25) is 10.0 Å². The van der Waals surface area contributed by atoms with Crippen LogP contribution in [0, 0.1) is 0 Å². The molecule has 0 fully saturated rings. The summed E-state index contributed by atoms with van der Waals surface area (Å²) in [5.41, 5.74) is 0.688. The van der Waals surface area contributed by atoms with Crippen LogP contribution in [0.5, 0.6) is 0 Å². The second kappa shape index (κ2) is 5.52. The maximum absolute atomic E-state index is 6.09. The molecule has 3 nitrogen and oxygen atoms in total. The first-order chi connectivity index (χ1) is 8.22. The summed E-state index contributed by atoms with van der Waals surface area (Å²) in [5.74, 6) is 0.593. The third-order valence-electron chi connectivity index (χ3n) is 2.46. The number of nitrogens with zero attached hydrogens (tertiary/aromatic N) is 2. The molecular weight excluding hydrogens is 257 g/mol. The van der Waals surface area contributed by atoms with E-state index in [0.717, 1.165) is 24.8 Å². The summed E-state index contributed by atoms with van der Waals surface area (Å²) < 4.78 is 0. The first-order valence-corrected chi connectivity index (χ1v) is 6.32.